The first-order chi connectivity index (χ1) is 8.47. The zero-order valence-corrected chi connectivity index (χ0v) is 14.2. The molecule has 7 heteroatoms. The Morgan fingerprint density at radius 3 is 2.67 bits per heavy atom. The van der Waals surface area contributed by atoms with Gasteiger partial charge in [0.25, 0.3) is 0 Å². The largest absolute Gasteiger partial charge is 0.389 e. The molecule has 0 unspecified atom stereocenters. The lowest BCUT2D eigenvalue weighted by molar-refractivity contribution is 0.623. The Hall–Kier alpha value is -0.290. The van der Waals surface area contributed by atoms with Crippen LogP contribution in [0.2, 0.25) is 0 Å². The molecule has 3 nitrogen and oxygen atoms in total. The first-order valence-corrected chi connectivity index (χ1v) is 7.49. The molecule has 0 atom stereocenters. The fourth-order valence-corrected chi connectivity index (χ4v) is 2.52. The molecule has 0 fully saturated rings. The van der Waals surface area contributed by atoms with E-state index in [4.69, 9.17) is 18.0 Å². The highest BCUT2D eigenvalue weighted by Gasteiger charge is 2.08. The van der Waals surface area contributed by atoms with Gasteiger partial charge in [-0.05, 0) is 68.9 Å². The molecule has 1 heterocycles. The van der Waals surface area contributed by atoms with Gasteiger partial charge in [0.1, 0.15) is 18.2 Å². The van der Waals surface area contributed by atoms with E-state index in [-0.39, 0.29) is 10.8 Å². The van der Waals surface area contributed by atoms with Crippen LogP contribution in [0.25, 0.3) is 0 Å². The van der Waals surface area contributed by atoms with Gasteiger partial charge in [-0.2, -0.15) is 0 Å². The van der Waals surface area contributed by atoms with E-state index in [2.05, 4.69) is 50.2 Å². The molecule has 2 rings (SSSR count). The van der Waals surface area contributed by atoms with Crippen LogP contribution >= 0.6 is 57.4 Å². The molecule has 18 heavy (non-hydrogen) atoms. The van der Waals surface area contributed by atoms with Crippen LogP contribution in [0.1, 0.15) is 11.1 Å². The number of halogens is 3. The molecule has 0 amide bonds. The molecule has 1 aromatic carbocycles. The van der Waals surface area contributed by atoms with E-state index in [1.165, 1.54) is 12.1 Å². The number of thiocarbonyl (C=S) groups is 1. The summed E-state index contributed by atoms with van der Waals surface area (Å²) < 4.78 is 17.4. The lowest BCUT2D eigenvalue weighted by Crippen LogP contribution is -2.11. The Bertz CT molecular complexity index is 612. The molecule has 0 spiro atoms. The fourth-order valence-electron chi connectivity index (χ4n) is 1.53. The number of imidazole rings is 1. The lowest BCUT2D eigenvalue weighted by atomic mass is 10.1. The van der Waals surface area contributed by atoms with Crippen LogP contribution in [-0.2, 0) is 6.54 Å². The van der Waals surface area contributed by atoms with Crippen molar-refractivity contribution in [1.82, 2.24) is 9.55 Å². The predicted octanol–water partition coefficient (Wildman–Crippen LogP) is 2.91. The third kappa shape index (κ3) is 3.18. The smallest absolute Gasteiger partial charge is 0.132 e. The number of rotatable bonds is 3. The van der Waals surface area contributed by atoms with E-state index in [1.54, 1.807) is 12.4 Å². The van der Waals surface area contributed by atoms with Crippen LogP contribution in [0.4, 0.5) is 4.39 Å². The highest BCUT2D eigenvalue weighted by molar-refractivity contribution is 14.1. The van der Waals surface area contributed by atoms with Crippen molar-refractivity contribution in [1.29, 1.82) is 0 Å². The van der Waals surface area contributed by atoms with Gasteiger partial charge in [0, 0.05) is 12.1 Å². The molecular formula is C11H8FI2N3S. The second-order valence-electron chi connectivity index (χ2n) is 3.67. The van der Waals surface area contributed by atoms with Gasteiger partial charge in [-0.15, -0.1) is 0 Å². The van der Waals surface area contributed by atoms with Crippen LogP contribution < -0.4 is 5.73 Å². The molecule has 2 aromatic rings. The van der Waals surface area contributed by atoms with Crippen molar-refractivity contribution in [2.75, 3.05) is 0 Å². The number of nitrogens with zero attached hydrogens (tertiary/aromatic N) is 2. The van der Waals surface area contributed by atoms with Crippen molar-refractivity contribution in [2.24, 2.45) is 5.73 Å². The maximum atomic E-state index is 13.5. The summed E-state index contributed by atoms with van der Waals surface area (Å²) in [6, 6.07) is 4.62. The standard InChI is InChI=1S/C11H8FI2N3S/c12-8-2-6(1-7(3-8)11(15)18)4-17-5-16-9(13)10(17)14/h1-3,5H,4H2,(H2,15,18). The highest BCUT2D eigenvalue weighted by Crippen LogP contribution is 2.16. The van der Waals surface area contributed by atoms with Crippen molar-refractivity contribution >= 4 is 62.4 Å². The number of hydrogen-bond acceptors (Lipinski definition) is 2. The van der Waals surface area contributed by atoms with Crippen LogP contribution in [0.15, 0.2) is 24.5 Å². The number of hydrogen-bond donors (Lipinski definition) is 1. The molecule has 0 saturated carbocycles. The molecule has 0 aliphatic carbocycles. The van der Waals surface area contributed by atoms with Gasteiger partial charge in [0.15, 0.2) is 0 Å². The van der Waals surface area contributed by atoms with Crippen molar-refractivity contribution in [3.8, 4) is 0 Å². The Morgan fingerprint density at radius 1 is 1.39 bits per heavy atom. The van der Waals surface area contributed by atoms with Gasteiger partial charge >= 0.3 is 0 Å². The zero-order chi connectivity index (χ0) is 13.3. The van der Waals surface area contributed by atoms with Crippen LogP contribution in [-0.4, -0.2) is 14.5 Å². The number of nitrogens with two attached hydrogens (primary N) is 1. The van der Waals surface area contributed by atoms with Gasteiger partial charge in [0.2, 0.25) is 0 Å². The topological polar surface area (TPSA) is 43.8 Å². The van der Waals surface area contributed by atoms with Crippen molar-refractivity contribution in [2.45, 2.75) is 6.54 Å². The summed E-state index contributed by atoms with van der Waals surface area (Å²) in [5.74, 6) is -0.333. The van der Waals surface area contributed by atoms with E-state index in [0.29, 0.717) is 12.1 Å². The van der Waals surface area contributed by atoms with Crippen molar-refractivity contribution in [3.63, 3.8) is 0 Å². The quantitative estimate of drug-likeness (QED) is 0.536. The number of aromatic nitrogens is 2. The summed E-state index contributed by atoms with van der Waals surface area (Å²) in [5.41, 5.74) is 6.88. The Kier molecular flexibility index (Phi) is 4.54. The minimum atomic E-state index is -0.333. The molecular weight excluding hydrogens is 479 g/mol. The van der Waals surface area contributed by atoms with Gasteiger partial charge in [-0.3, -0.25) is 0 Å². The maximum absolute atomic E-state index is 13.5. The monoisotopic (exact) mass is 487 g/mol. The second kappa shape index (κ2) is 5.78. The fraction of sp³-hybridized carbons (Fsp3) is 0.0909. The summed E-state index contributed by atoms with van der Waals surface area (Å²) >= 11 is 9.23. The van der Waals surface area contributed by atoms with Crippen LogP contribution in [0.3, 0.4) is 0 Å². The summed E-state index contributed by atoms with van der Waals surface area (Å²) in [4.78, 5) is 4.39. The van der Waals surface area contributed by atoms with Gasteiger partial charge < -0.3 is 10.3 Å². The van der Waals surface area contributed by atoms with Gasteiger partial charge in [-0.25, -0.2) is 9.37 Å². The van der Waals surface area contributed by atoms with Crippen molar-refractivity contribution in [3.05, 3.63) is 48.9 Å². The third-order valence-electron chi connectivity index (χ3n) is 2.33. The molecule has 0 bridgehead atoms. The van der Waals surface area contributed by atoms with Crippen LogP contribution in [0, 0.1) is 13.2 Å². The lowest BCUT2D eigenvalue weighted by Gasteiger charge is -2.07. The average molecular weight is 487 g/mol. The molecule has 1 aromatic heterocycles. The highest BCUT2D eigenvalue weighted by atomic mass is 127. The van der Waals surface area contributed by atoms with E-state index in [1.807, 2.05) is 4.57 Å². The summed E-state index contributed by atoms with van der Waals surface area (Å²) in [6.07, 6.45) is 1.73. The molecule has 94 valence electrons. The molecule has 0 aliphatic heterocycles. The SMILES string of the molecule is NC(=S)c1cc(F)cc(Cn2cnc(I)c2I)c1. The Labute approximate surface area is 136 Å². The predicted molar refractivity (Wildman–Crippen MR) is 89.1 cm³/mol. The van der Waals surface area contributed by atoms with Crippen LogP contribution in [0.5, 0.6) is 0 Å². The first kappa shape index (κ1) is 14.1. The van der Waals surface area contributed by atoms with E-state index in [9.17, 15) is 4.39 Å². The minimum absolute atomic E-state index is 0.200. The summed E-state index contributed by atoms with van der Waals surface area (Å²) in [6.45, 7) is 0.543. The zero-order valence-electron chi connectivity index (χ0n) is 9.03. The Balaban J connectivity index is 2.34. The third-order valence-corrected chi connectivity index (χ3v) is 5.52. The van der Waals surface area contributed by atoms with E-state index in [0.717, 1.165) is 13.0 Å². The molecule has 2 N–H and O–H groups in total. The van der Waals surface area contributed by atoms with Gasteiger partial charge in [0.05, 0.1) is 6.33 Å². The number of benzene rings is 1. The van der Waals surface area contributed by atoms with E-state index >= 15 is 0 Å². The molecule has 0 saturated heterocycles. The summed E-state index contributed by atoms with van der Waals surface area (Å²) in [7, 11) is 0. The molecule has 0 radical (unpaired) electrons. The Morgan fingerprint density at radius 2 is 2.11 bits per heavy atom. The van der Waals surface area contributed by atoms with E-state index < -0.39 is 0 Å². The molecule has 0 aliphatic rings. The van der Waals surface area contributed by atoms with Gasteiger partial charge in [-0.1, -0.05) is 12.2 Å². The minimum Gasteiger partial charge on any atom is -0.389 e. The summed E-state index contributed by atoms with van der Waals surface area (Å²) in [5, 5.41) is 0. The average Bonchev–Trinajstić information content (AvgIpc) is 2.60. The second-order valence-corrected chi connectivity index (χ2v) is 6.15. The maximum Gasteiger partial charge on any atom is 0.132 e. The first-order valence-electron chi connectivity index (χ1n) is 4.93. The van der Waals surface area contributed by atoms with Crippen molar-refractivity contribution < 1.29 is 4.39 Å². The normalized spacial score (nSPS) is 10.6.